The lowest BCUT2D eigenvalue weighted by Gasteiger charge is -2.29. The van der Waals surface area contributed by atoms with Crippen molar-refractivity contribution in [1.29, 1.82) is 0 Å². The number of rotatable bonds is 6. The third kappa shape index (κ3) is 3.24. The third-order valence-corrected chi connectivity index (χ3v) is 4.69. The first-order valence-corrected chi connectivity index (χ1v) is 7.00. The van der Waals surface area contributed by atoms with Gasteiger partial charge in [0.15, 0.2) is 0 Å². The van der Waals surface area contributed by atoms with Crippen molar-refractivity contribution in [1.82, 2.24) is 0 Å². The average molecular weight is 285 g/mol. The lowest BCUT2D eigenvalue weighted by Crippen LogP contribution is -2.23. The molecule has 1 aromatic rings. The second kappa shape index (κ2) is 6.29. The molecule has 0 aliphatic heterocycles. The molecule has 16 heavy (non-hydrogen) atoms. The standard InChI is InChI=1S/C14H21BrO/c1-4-14(5-2,11-15)10-12-7-6-8-13(9-12)16-3/h6-9H,4-5,10-11H2,1-3H3. The number of alkyl halides is 1. The summed E-state index contributed by atoms with van der Waals surface area (Å²) in [5, 5.41) is 1.06. The van der Waals surface area contributed by atoms with E-state index in [-0.39, 0.29) is 0 Å². The van der Waals surface area contributed by atoms with Crippen LogP contribution in [-0.2, 0) is 6.42 Å². The zero-order chi connectivity index (χ0) is 12.0. The molecule has 90 valence electrons. The van der Waals surface area contributed by atoms with E-state index in [0.29, 0.717) is 5.41 Å². The number of ether oxygens (including phenoxy) is 1. The predicted molar refractivity (Wildman–Crippen MR) is 73.5 cm³/mol. The van der Waals surface area contributed by atoms with Crippen molar-refractivity contribution < 1.29 is 4.74 Å². The maximum Gasteiger partial charge on any atom is 0.119 e. The molecule has 0 bridgehead atoms. The summed E-state index contributed by atoms with van der Waals surface area (Å²) >= 11 is 3.66. The van der Waals surface area contributed by atoms with Gasteiger partial charge in [0.1, 0.15) is 5.75 Å². The van der Waals surface area contributed by atoms with Crippen molar-refractivity contribution in [2.24, 2.45) is 5.41 Å². The van der Waals surface area contributed by atoms with Crippen LogP contribution >= 0.6 is 15.9 Å². The summed E-state index contributed by atoms with van der Waals surface area (Å²) in [5.74, 6) is 0.952. The highest BCUT2D eigenvalue weighted by molar-refractivity contribution is 9.09. The average Bonchev–Trinajstić information content (AvgIpc) is 2.36. The van der Waals surface area contributed by atoms with E-state index in [4.69, 9.17) is 4.74 Å². The summed E-state index contributed by atoms with van der Waals surface area (Å²) in [6.07, 6.45) is 3.51. The Morgan fingerprint density at radius 2 is 1.94 bits per heavy atom. The van der Waals surface area contributed by atoms with Crippen LogP contribution in [0.2, 0.25) is 0 Å². The Morgan fingerprint density at radius 3 is 2.44 bits per heavy atom. The van der Waals surface area contributed by atoms with E-state index in [2.05, 4.69) is 48.0 Å². The maximum absolute atomic E-state index is 5.26. The van der Waals surface area contributed by atoms with Gasteiger partial charge in [-0.1, -0.05) is 41.9 Å². The first-order chi connectivity index (χ1) is 7.69. The fraction of sp³-hybridized carbons (Fsp3) is 0.571. The zero-order valence-corrected chi connectivity index (χ0v) is 12.0. The van der Waals surface area contributed by atoms with Crippen LogP contribution in [0, 0.1) is 5.41 Å². The number of benzene rings is 1. The molecule has 0 aliphatic carbocycles. The molecule has 0 spiro atoms. The monoisotopic (exact) mass is 284 g/mol. The Hall–Kier alpha value is -0.500. The summed E-state index contributed by atoms with van der Waals surface area (Å²) in [4.78, 5) is 0. The summed E-state index contributed by atoms with van der Waals surface area (Å²) in [7, 11) is 1.72. The number of hydrogen-bond donors (Lipinski definition) is 0. The minimum atomic E-state index is 0.381. The normalized spacial score (nSPS) is 11.5. The molecule has 1 rings (SSSR count). The minimum absolute atomic E-state index is 0.381. The van der Waals surface area contributed by atoms with Crippen molar-refractivity contribution in [2.75, 3.05) is 12.4 Å². The van der Waals surface area contributed by atoms with Crippen molar-refractivity contribution in [3.05, 3.63) is 29.8 Å². The van der Waals surface area contributed by atoms with Gasteiger partial charge in [-0.25, -0.2) is 0 Å². The van der Waals surface area contributed by atoms with Gasteiger partial charge in [0.05, 0.1) is 7.11 Å². The zero-order valence-electron chi connectivity index (χ0n) is 10.4. The molecule has 2 heteroatoms. The molecule has 0 aliphatic rings. The fourth-order valence-corrected chi connectivity index (χ4v) is 2.94. The minimum Gasteiger partial charge on any atom is -0.497 e. The molecule has 0 N–H and O–H groups in total. The quantitative estimate of drug-likeness (QED) is 0.702. The van der Waals surface area contributed by atoms with Gasteiger partial charge in [0.25, 0.3) is 0 Å². The number of hydrogen-bond acceptors (Lipinski definition) is 1. The molecular weight excluding hydrogens is 264 g/mol. The van der Waals surface area contributed by atoms with Gasteiger partial charge in [0.2, 0.25) is 0 Å². The molecule has 0 amide bonds. The third-order valence-electron chi connectivity index (χ3n) is 3.50. The van der Waals surface area contributed by atoms with Crippen LogP contribution in [0.5, 0.6) is 5.75 Å². The second-order valence-electron chi connectivity index (χ2n) is 4.37. The van der Waals surface area contributed by atoms with E-state index in [1.165, 1.54) is 18.4 Å². The van der Waals surface area contributed by atoms with Crippen molar-refractivity contribution in [3.8, 4) is 5.75 Å². The van der Waals surface area contributed by atoms with E-state index in [0.717, 1.165) is 17.5 Å². The van der Waals surface area contributed by atoms with E-state index in [1.54, 1.807) is 7.11 Å². The second-order valence-corrected chi connectivity index (χ2v) is 4.93. The highest BCUT2D eigenvalue weighted by Gasteiger charge is 2.25. The van der Waals surface area contributed by atoms with Crippen molar-refractivity contribution >= 4 is 15.9 Å². The molecule has 0 saturated carbocycles. The Morgan fingerprint density at radius 1 is 1.25 bits per heavy atom. The van der Waals surface area contributed by atoms with Crippen LogP contribution in [0.15, 0.2) is 24.3 Å². The van der Waals surface area contributed by atoms with Crippen molar-refractivity contribution in [3.63, 3.8) is 0 Å². The van der Waals surface area contributed by atoms with Gasteiger partial charge in [0, 0.05) is 5.33 Å². The molecule has 1 nitrogen and oxygen atoms in total. The molecule has 0 heterocycles. The van der Waals surface area contributed by atoms with Crippen LogP contribution in [0.3, 0.4) is 0 Å². The molecular formula is C14H21BrO. The van der Waals surface area contributed by atoms with Crippen LogP contribution in [0.1, 0.15) is 32.3 Å². The molecule has 0 saturated heterocycles. The molecule has 0 unspecified atom stereocenters. The lowest BCUT2D eigenvalue weighted by molar-refractivity contribution is 0.306. The van der Waals surface area contributed by atoms with Gasteiger partial charge in [-0.15, -0.1) is 0 Å². The van der Waals surface area contributed by atoms with Gasteiger partial charge >= 0.3 is 0 Å². The Labute approximate surface area is 107 Å². The summed E-state index contributed by atoms with van der Waals surface area (Å²) < 4.78 is 5.26. The summed E-state index contributed by atoms with van der Waals surface area (Å²) in [5.41, 5.74) is 1.74. The number of halogens is 1. The smallest absolute Gasteiger partial charge is 0.119 e. The van der Waals surface area contributed by atoms with Crippen molar-refractivity contribution in [2.45, 2.75) is 33.1 Å². The first-order valence-electron chi connectivity index (χ1n) is 5.88. The topological polar surface area (TPSA) is 9.23 Å². The van der Waals surface area contributed by atoms with Gasteiger partial charge in [-0.3, -0.25) is 0 Å². The van der Waals surface area contributed by atoms with E-state index in [1.807, 2.05) is 6.07 Å². The van der Waals surface area contributed by atoms with Crippen LogP contribution in [-0.4, -0.2) is 12.4 Å². The molecule has 0 radical (unpaired) electrons. The van der Waals surface area contributed by atoms with Crippen LogP contribution in [0.25, 0.3) is 0 Å². The summed E-state index contributed by atoms with van der Waals surface area (Å²) in [6, 6.07) is 8.39. The predicted octanol–water partition coefficient (Wildman–Crippen LogP) is 4.44. The lowest BCUT2D eigenvalue weighted by atomic mass is 9.79. The molecule has 0 aromatic heterocycles. The van der Waals surface area contributed by atoms with Gasteiger partial charge in [-0.2, -0.15) is 0 Å². The highest BCUT2D eigenvalue weighted by atomic mass is 79.9. The number of methoxy groups -OCH3 is 1. The largest absolute Gasteiger partial charge is 0.497 e. The van der Waals surface area contributed by atoms with Gasteiger partial charge < -0.3 is 4.74 Å². The molecule has 0 atom stereocenters. The first kappa shape index (κ1) is 13.6. The van der Waals surface area contributed by atoms with E-state index in [9.17, 15) is 0 Å². The van der Waals surface area contributed by atoms with Gasteiger partial charge in [-0.05, 0) is 42.4 Å². The summed E-state index contributed by atoms with van der Waals surface area (Å²) in [6.45, 7) is 4.54. The van der Waals surface area contributed by atoms with Crippen LogP contribution < -0.4 is 4.74 Å². The molecule has 0 fully saturated rings. The highest BCUT2D eigenvalue weighted by Crippen LogP contribution is 2.33. The SMILES string of the molecule is CCC(CC)(CBr)Cc1cccc(OC)c1. The Bertz CT molecular complexity index is 310. The maximum atomic E-state index is 5.26. The van der Waals surface area contributed by atoms with Crippen LogP contribution in [0.4, 0.5) is 0 Å². The van der Waals surface area contributed by atoms with E-state index >= 15 is 0 Å². The fourth-order valence-electron chi connectivity index (χ4n) is 1.95. The molecule has 1 aromatic carbocycles. The Kier molecular flexibility index (Phi) is 5.33. The Balaban J connectivity index is 2.84. The van der Waals surface area contributed by atoms with E-state index < -0.39 is 0 Å².